The molecule has 0 aromatic heterocycles. The highest BCUT2D eigenvalue weighted by atomic mass is 32.2. The Bertz CT molecular complexity index is 1200. The highest BCUT2D eigenvalue weighted by Crippen LogP contribution is 2.24. The minimum absolute atomic E-state index is 0.00661. The predicted molar refractivity (Wildman–Crippen MR) is 139 cm³/mol. The number of hydrogen-bond donors (Lipinski definition) is 1. The number of hydrogen-bond acceptors (Lipinski definition) is 6. The Balaban J connectivity index is 2.46. The van der Waals surface area contributed by atoms with Crippen LogP contribution < -0.4 is 9.62 Å². The number of rotatable bonds is 12. The normalized spacial score (nSPS) is 12.2. The van der Waals surface area contributed by atoms with E-state index >= 15 is 0 Å². The van der Waals surface area contributed by atoms with Crippen molar-refractivity contribution in [3.05, 3.63) is 69.8 Å². The summed E-state index contributed by atoms with van der Waals surface area (Å²) in [6.07, 6.45) is 1.24. The van der Waals surface area contributed by atoms with Crippen molar-refractivity contribution in [2.75, 3.05) is 23.7 Å². The van der Waals surface area contributed by atoms with Gasteiger partial charge < -0.3 is 10.2 Å². The van der Waals surface area contributed by atoms with Crippen LogP contribution in [0.1, 0.15) is 38.3 Å². The van der Waals surface area contributed by atoms with E-state index in [2.05, 4.69) is 5.32 Å². The molecule has 11 heteroatoms. The maximum absolute atomic E-state index is 13.6. The van der Waals surface area contributed by atoms with Crippen molar-refractivity contribution in [2.45, 2.75) is 46.7 Å². The Morgan fingerprint density at radius 1 is 1.11 bits per heavy atom. The summed E-state index contributed by atoms with van der Waals surface area (Å²) in [5.41, 5.74) is 1.46. The lowest BCUT2D eigenvalue weighted by molar-refractivity contribution is -0.384. The summed E-state index contributed by atoms with van der Waals surface area (Å²) in [7, 11) is -3.98. The van der Waals surface area contributed by atoms with Gasteiger partial charge in [0.2, 0.25) is 21.8 Å². The number of aryl methyl sites for hydroxylation is 1. The zero-order valence-corrected chi connectivity index (χ0v) is 22.1. The Labute approximate surface area is 212 Å². The summed E-state index contributed by atoms with van der Waals surface area (Å²) < 4.78 is 26.1. The van der Waals surface area contributed by atoms with E-state index < -0.39 is 33.4 Å². The lowest BCUT2D eigenvalue weighted by atomic mass is 10.1. The van der Waals surface area contributed by atoms with E-state index in [4.69, 9.17) is 0 Å². The molecule has 196 valence electrons. The summed E-state index contributed by atoms with van der Waals surface area (Å²) in [4.78, 5) is 38.6. The highest BCUT2D eigenvalue weighted by Gasteiger charge is 2.32. The number of carbonyl (C=O) groups is 2. The van der Waals surface area contributed by atoms with Crippen LogP contribution in [0.2, 0.25) is 0 Å². The Morgan fingerprint density at radius 2 is 1.78 bits per heavy atom. The van der Waals surface area contributed by atoms with Crippen molar-refractivity contribution >= 4 is 33.2 Å². The number of nitro groups is 1. The first kappa shape index (κ1) is 28.8. The average Bonchev–Trinajstić information content (AvgIpc) is 2.80. The summed E-state index contributed by atoms with van der Waals surface area (Å²) in [6, 6.07) is 11.7. The minimum atomic E-state index is -3.98. The number of nitrogens with one attached hydrogen (secondary N) is 1. The summed E-state index contributed by atoms with van der Waals surface area (Å²) in [5.74, 6) is -0.713. The van der Waals surface area contributed by atoms with E-state index in [9.17, 15) is 28.1 Å². The summed E-state index contributed by atoms with van der Waals surface area (Å²) in [6.45, 7) is 7.53. The van der Waals surface area contributed by atoms with Gasteiger partial charge in [0.05, 0.1) is 16.9 Å². The standard InChI is InChI=1S/C25H34N4O6S/c1-6-23(25(31)26-15-18(2)3)27(16-20-10-7-9-19(4)13-20)24(30)17-28(36(5,34)35)21-11-8-12-22(14-21)29(32)33/h7-14,18,23H,6,15-17H2,1-5H3,(H,26,31)/t23-/m1/s1. The molecule has 0 unspecified atom stereocenters. The van der Waals surface area contributed by atoms with Gasteiger partial charge in [-0.05, 0) is 30.9 Å². The van der Waals surface area contributed by atoms with Crippen molar-refractivity contribution in [3.8, 4) is 0 Å². The third-order valence-corrected chi connectivity index (χ3v) is 6.65. The molecule has 2 aromatic rings. The molecule has 36 heavy (non-hydrogen) atoms. The SMILES string of the molecule is CC[C@H](C(=O)NCC(C)C)N(Cc1cccc(C)c1)C(=O)CN(c1cccc([N+](=O)[O-])c1)S(C)(=O)=O. The zero-order chi connectivity index (χ0) is 27.0. The van der Waals surface area contributed by atoms with Crippen LogP contribution in [0.25, 0.3) is 0 Å². The third-order valence-electron chi connectivity index (χ3n) is 5.51. The largest absolute Gasteiger partial charge is 0.354 e. The van der Waals surface area contributed by atoms with E-state index in [0.29, 0.717) is 13.0 Å². The first-order valence-corrected chi connectivity index (χ1v) is 13.5. The quantitative estimate of drug-likeness (QED) is 0.339. The molecule has 10 nitrogen and oxygen atoms in total. The summed E-state index contributed by atoms with van der Waals surface area (Å²) in [5, 5.41) is 14.1. The number of sulfonamides is 1. The molecule has 2 rings (SSSR count). The number of anilines is 1. The molecule has 1 atom stereocenters. The van der Waals surface area contributed by atoms with Crippen molar-refractivity contribution in [1.82, 2.24) is 10.2 Å². The molecule has 0 heterocycles. The molecule has 0 aliphatic carbocycles. The number of nitrogens with zero attached hydrogens (tertiary/aromatic N) is 3. The molecule has 2 aromatic carbocycles. The van der Waals surface area contributed by atoms with Crippen LogP contribution in [0.4, 0.5) is 11.4 Å². The molecule has 0 fully saturated rings. The molecule has 1 N–H and O–H groups in total. The fraction of sp³-hybridized carbons (Fsp3) is 0.440. The van der Waals surface area contributed by atoms with Gasteiger partial charge in [-0.3, -0.25) is 24.0 Å². The number of amides is 2. The van der Waals surface area contributed by atoms with Crippen molar-refractivity contribution in [1.29, 1.82) is 0 Å². The number of carbonyl (C=O) groups excluding carboxylic acids is 2. The van der Waals surface area contributed by atoms with Gasteiger partial charge in [0.1, 0.15) is 12.6 Å². The van der Waals surface area contributed by atoms with E-state index in [1.54, 1.807) is 6.92 Å². The maximum Gasteiger partial charge on any atom is 0.271 e. The van der Waals surface area contributed by atoms with Crippen molar-refractivity contribution in [2.24, 2.45) is 5.92 Å². The number of non-ortho nitro benzene ring substituents is 1. The topological polar surface area (TPSA) is 130 Å². The smallest absolute Gasteiger partial charge is 0.271 e. The molecule has 0 saturated heterocycles. The molecule has 0 aliphatic heterocycles. The number of benzene rings is 2. The lowest BCUT2D eigenvalue weighted by Gasteiger charge is -2.33. The molecular formula is C25H34N4O6S. The first-order valence-electron chi connectivity index (χ1n) is 11.7. The van der Waals surface area contributed by atoms with Gasteiger partial charge in [-0.2, -0.15) is 0 Å². The van der Waals surface area contributed by atoms with Gasteiger partial charge in [0.15, 0.2) is 0 Å². The fourth-order valence-electron chi connectivity index (χ4n) is 3.72. The van der Waals surface area contributed by atoms with Gasteiger partial charge in [-0.25, -0.2) is 8.42 Å². The summed E-state index contributed by atoms with van der Waals surface area (Å²) >= 11 is 0. The molecule has 0 bridgehead atoms. The van der Waals surface area contributed by atoms with Crippen LogP contribution in [-0.2, 0) is 26.2 Å². The van der Waals surface area contributed by atoms with E-state index in [1.165, 1.54) is 23.1 Å². The maximum atomic E-state index is 13.6. The fourth-order valence-corrected chi connectivity index (χ4v) is 4.57. The van der Waals surface area contributed by atoms with Gasteiger partial charge in [0, 0.05) is 25.2 Å². The Hall–Kier alpha value is -3.47. The molecule has 0 radical (unpaired) electrons. The van der Waals surface area contributed by atoms with Crippen LogP contribution in [0.5, 0.6) is 0 Å². The van der Waals surface area contributed by atoms with Gasteiger partial charge in [0.25, 0.3) is 5.69 Å². The minimum Gasteiger partial charge on any atom is -0.354 e. The van der Waals surface area contributed by atoms with E-state index in [1.807, 2.05) is 45.0 Å². The second-order valence-corrected chi connectivity index (χ2v) is 11.0. The Morgan fingerprint density at radius 3 is 2.33 bits per heavy atom. The second kappa shape index (κ2) is 12.5. The van der Waals surface area contributed by atoms with E-state index in [0.717, 1.165) is 27.8 Å². The number of nitro benzene ring substituents is 1. The zero-order valence-electron chi connectivity index (χ0n) is 21.3. The first-order chi connectivity index (χ1) is 16.8. The van der Waals surface area contributed by atoms with Crippen molar-refractivity contribution in [3.63, 3.8) is 0 Å². The monoisotopic (exact) mass is 518 g/mol. The molecule has 0 aliphatic rings. The van der Waals surface area contributed by atoms with E-state index in [-0.39, 0.29) is 29.7 Å². The molecular weight excluding hydrogens is 484 g/mol. The van der Waals surface area contributed by atoms with Crippen LogP contribution in [0.3, 0.4) is 0 Å². The van der Waals surface area contributed by atoms with Crippen LogP contribution in [-0.4, -0.2) is 55.4 Å². The second-order valence-electron chi connectivity index (χ2n) is 9.12. The van der Waals surface area contributed by atoms with Crippen molar-refractivity contribution < 1.29 is 22.9 Å². The van der Waals surface area contributed by atoms with Crippen LogP contribution in [0.15, 0.2) is 48.5 Å². The highest BCUT2D eigenvalue weighted by molar-refractivity contribution is 7.92. The van der Waals surface area contributed by atoms with Crippen LogP contribution >= 0.6 is 0 Å². The molecule has 2 amide bonds. The third kappa shape index (κ3) is 8.04. The van der Waals surface area contributed by atoms with Crippen LogP contribution in [0, 0.1) is 23.0 Å². The van der Waals surface area contributed by atoms with Gasteiger partial charge in [-0.1, -0.05) is 56.7 Å². The molecule has 0 spiro atoms. The molecule has 0 saturated carbocycles. The van der Waals surface area contributed by atoms with Gasteiger partial charge >= 0.3 is 0 Å². The predicted octanol–water partition coefficient (Wildman–Crippen LogP) is 3.25. The van der Waals surface area contributed by atoms with Gasteiger partial charge in [-0.15, -0.1) is 0 Å². The average molecular weight is 519 g/mol. The Kier molecular flexibility index (Phi) is 9.97. The lowest BCUT2D eigenvalue weighted by Crippen LogP contribution is -2.52.